The van der Waals surface area contributed by atoms with Crippen molar-refractivity contribution in [3.05, 3.63) is 34.9 Å². The van der Waals surface area contributed by atoms with Crippen molar-refractivity contribution in [2.75, 3.05) is 6.54 Å². The number of hydrogen-bond acceptors (Lipinski definition) is 1. The molecule has 0 aromatic heterocycles. The number of carbonyl (C=O) groups excluding carboxylic acids is 1. The maximum Gasteiger partial charge on any atom is 0.219 e. The molecule has 0 heterocycles. The largest absolute Gasteiger partial charge is 0.356 e. The van der Waals surface area contributed by atoms with E-state index < -0.39 is 0 Å². The molecule has 0 aliphatic carbocycles. The van der Waals surface area contributed by atoms with E-state index in [2.05, 4.69) is 5.32 Å². The molecule has 1 rings (SSSR count). The first kappa shape index (κ1) is 12.1. The van der Waals surface area contributed by atoms with Gasteiger partial charge in [0.2, 0.25) is 5.91 Å². The zero-order valence-corrected chi connectivity index (χ0v) is 9.68. The molecule has 15 heavy (non-hydrogen) atoms. The van der Waals surface area contributed by atoms with E-state index in [1.807, 2.05) is 31.2 Å². The molecule has 2 nitrogen and oxygen atoms in total. The highest BCUT2D eigenvalue weighted by molar-refractivity contribution is 6.31. The van der Waals surface area contributed by atoms with Crippen LogP contribution in [0.1, 0.15) is 25.3 Å². The molecule has 0 atom stereocenters. The van der Waals surface area contributed by atoms with Crippen molar-refractivity contribution in [2.24, 2.45) is 0 Å². The molecule has 82 valence electrons. The minimum absolute atomic E-state index is 0.106. The minimum Gasteiger partial charge on any atom is -0.356 e. The van der Waals surface area contributed by atoms with Crippen LogP contribution in [0.25, 0.3) is 0 Å². The Balaban J connectivity index is 2.26. The van der Waals surface area contributed by atoms with Gasteiger partial charge < -0.3 is 5.32 Å². The summed E-state index contributed by atoms with van der Waals surface area (Å²) < 4.78 is 0. The lowest BCUT2D eigenvalue weighted by Gasteiger charge is -2.05. The molecule has 0 aliphatic rings. The van der Waals surface area contributed by atoms with Crippen LogP contribution in [0.4, 0.5) is 0 Å². The molecule has 0 aliphatic heterocycles. The number of aryl methyl sites for hydroxylation is 1. The highest BCUT2D eigenvalue weighted by atomic mass is 35.5. The predicted molar refractivity (Wildman–Crippen MR) is 63.1 cm³/mol. The molecule has 0 fully saturated rings. The number of rotatable bonds is 5. The Bertz CT molecular complexity index is 325. The molecule has 0 radical (unpaired) electrons. The Morgan fingerprint density at radius 1 is 1.40 bits per heavy atom. The fourth-order valence-electron chi connectivity index (χ4n) is 1.33. The first-order valence-electron chi connectivity index (χ1n) is 5.24. The van der Waals surface area contributed by atoms with Crippen LogP contribution in [-0.2, 0) is 11.2 Å². The van der Waals surface area contributed by atoms with E-state index >= 15 is 0 Å². The lowest BCUT2D eigenvalue weighted by atomic mass is 10.1. The Kier molecular flexibility index (Phi) is 5.19. The molecule has 0 saturated carbocycles. The summed E-state index contributed by atoms with van der Waals surface area (Å²) in [5.74, 6) is 0.106. The van der Waals surface area contributed by atoms with Crippen molar-refractivity contribution in [1.29, 1.82) is 0 Å². The summed E-state index contributed by atoms with van der Waals surface area (Å²) in [4.78, 5) is 11.0. The molecule has 1 N–H and O–H groups in total. The maximum absolute atomic E-state index is 11.0. The van der Waals surface area contributed by atoms with E-state index in [1.165, 1.54) is 0 Å². The number of halogens is 1. The van der Waals surface area contributed by atoms with Gasteiger partial charge in [0, 0.05) is 18.0 Å². The van der Waals surface area contributed by atoms with E-state index in [0.717, 1.165) is 30.0 Å². The number of nitrogens with one attached hydrogen (secondary N) is 1. The second-order valence-corrected chi connectivity index (χ2v) is 3.81. The van der Waals surface area contributed by atoms with E-state index in [9.17, 15) is 4.79 Å². The minimum atomic E-state index is 0.106. The Labute approximate surface area is 95.6 Å². The average Bonchev–Trinajstić information content (AvgIpc) is 2.26. The molecule has 0 unspecified atom stereocenters. The summed E-state index contributed by atoms with van der Waals surface area (Å²) in [6, 6.07) is 7.81. The topological polar surface area (TPSA) is 29.1 Å². The van der Waals surface area contributed by atoms with Gasteiger partial charge in [0.05, 0.1) is 0 Å². The zero-order valence-electron chi connectivity index (χ0n) is 8.92. The fraction of sp³-hybridized carbons (Fsp3) is 0.417. The third-order valence-electron chi connectivity index (χ3n) is 2.22. The molecule has 0 spiro atoms. The van der Waals surface area contributed by atoms with Gasteiger partial charge in [-0.25, -0.2) is 0 Å². The van der Waals surface area contributed by atoms with Gasteiger partial charge in [0.15, 0.2) is 0 Å². The molecular formula is C12H16ClNO. The smallest absolute Gasteiger partial charge is 0.219 e. The quantitative estimate of drug-likeness (QED) is 0.768. The molecule has 3 heteroatoms. The SMILES string of the molecule is CCC(=O)NCCCc1ccccc1Cl. The maximum atomic E-state index is 11.0. The Morgan fingerprint density at radius 2 is 2.13 bits per heavy atom. The summed E-state index contributed by atoms with van der Waals surface area (Å²) >= 11 is 6.01. The average molecular weight is 226 g/mol. The molecular weight excluding hydrogens is 210 g/mol. The van der Waals surface area contributed by atoms with E-state index in [1.54, 1.807) is 0 Å². The van der Waals surface area contributed by atoms with Crippen LogP contribution < -0.4 is 5.32 Å². The highest BCUT2D eigenvalue weighted by Gasteiger charge is 1.99. The number of benzene rings is 1. The van der Waals surface area contributed by atoms with Gasteiger partial charge in [0.25, 0.3) is 0 Å². The first-order chi connectivity index (χ1) is 7.24. The van der Waals surface area contributed by atoms with Gasteiger partial charge in [-0.15, -0.1) is 0 Å². The predicted octanol–water partition coefficient (Wildman–Crippen LogP) is 2.80. The Hall–Kier alpha value is -1.02. The van der Waals surface area contributed by atoms with Gasteiger partial charge in [-0.05, 0) is 24.5 Å². The van der Waals surface area contributed by atoms with E-state index in [4.69, 9.17) is 11.6 Å². The van der Waals surface area contributed by atoms with Crippen LogP contribution in [0.5, 0.6) is 0 Å². The molecule has 1 aromatic carbocycles. The van der Waals surface area contributed by atoms with E-state index in [0.29, 0.717) is 6.42 Å². The van der Waals surface area contributed by atoms with E-state index in [-0.39, 0.29) is 5.91 Å². The number of hydrogen-bond donors (Lipinski definition) is 1. The van der Waals surface area contributed by atoms with Crippen LogP contribution in [0.2, 0.25) is 5.02 Å². The summed E-state index contributed by atoms with van der Waals surface area (Å²) in [6.45, 7) is 2.57. The van der Waals surface area contributed by atoms with Crippen LogP contribution in [0.15, 0.2) is 24.3 Å². The van der Waals surface area contributed by atoms with Gasteiger partial charge in [0.1, 0.15) is 0 Å². The fourth-order valence-corrected chi connectivity index (χ4v) is 1.56. The lowest BCUT2D eigenvalue weighted by Crippen LogP contribution is -2.23. The van der Waals surface area contributed by atoms with Crippen molar-refractivity contribution in [3.63, 3.8) is 0 Å². The third kappa shape index (κ3) is 4.34. The van der Waals surface area contributed by atoms with Gasteiger partial charge in [-0.2, -0.15) is 0 Å². The normalized spacial score (nSPS) is 10.0. The second-order valence-electron chi connectivity index (χ2n) is 3.40. The number of carbonyl (C=O) groups is 1. The third-order valence-corrected chi connectivity index (χ3v) is 2.59. The van der Waals surface area contributed by atoms with Gasteiger partial charge in [-0.3, -0.25) is 4.79 Å². The summed E-state index contributed by atoms with van der Waals surface area (Å²) in [6.07, 6.45) is 2.38. The van der Waals surface area contributed by atoms with Gasteiger partial charge in [-0.1, -0.05) is 36.7 Å². The lowest BCUT2D eigenvalue weighted by molar-refractivity contribution is -0.120. The molecule has 1 aromatic rings. The summed E-state index contributed by atoms with van der Waals surface area (Å²) in [5.41, 5.74) is 1.14. The molecule has 0 saturated heterocycles. The molecule has 0 bridgehead atoms. The summed E-state index contributed by atoms with van der Waals surface area (Å²) in [5, 5.41) is 3.64. The van der Waals surface area contributed by atoms with Crippen molar-refractivity contribution in [2.45, 2.75) is 26.2 Å². The summed E-state index contributed by atoms with van der Waals surface area (Å²) in [7, 11) is 0. The second kappa shape index (κ2) is 6.46. The van der Waals surface area contributed by atoms with Crippen LogP contribution >= 0.6 is 11.6 Å². The first-order valence-corrected chi connectivity index (χ1v) is 5.62. The van der Waals surface area contributed by atoms with Crippen LogP contribution in [0, 0.1) is 0 Å². The zero-order chi connectivity index (χ0) is 11.1. The van der Waals surface area contributed by atoms with Crippen molar-refractivity contribution >= 4 is 17.5 Å². The Morgan fingerprint density at radius 3 is 2.80 bits per heavy atom. The standard InChI is InChI=1S/C12H16ClNO/c1-2-12(15)14-9-5-7-10-6-3-4-8-11(10)13/h3-4,6,8H,2,5,7,9H2,1H3,(H,14,15). The van der Waals surface area contributed by atoms with Crippen molar-refractivity contribution < 1.29 is 4.79 Å². The monoisotopic (exact) mass is 225 g/mol. The van der Waals surface area contributed by atoms with Crippen LogP contribution in [0.3, 0.4) is 0 Å². The van der Waals surface area contributed by atoms with Crippen molar-refractivity contribution in [1.82, 2.24) is 5.32 Å². The van der Waals surface area contributed by atoms with Crippen molar-refractivity contribution in [3.8, 4) is 0 Å². The molecule has 1 amide bonds. The highest BCUT2D eigenvalue weighted by Crippen LogP contribution is 2.16. The van der Waals surface area contributed by atoms with Crippen LogP contribution in [-0.4, -0.2) is 12.5 Å². The number of amides is 1. The van der Waals surface area contributed by atoms with Gasteiger partial charge >= 0.3 is 0 Å².